The van der Waals surface area contributed by atoms with Gasteiger partial charge in [0, 0.05) is 12.1 Å². The summed E-state index contributed by atoms with van der Waals surface area (Å²) in [5, 5.41) is 4.66. The SMILES string of the molecule is COC(=O)NCC(=O)N1CCC[C@H]1c1ncc(-c2ccc3cc(B4OC(C)(C)C(C)(C)O4)ccc3c2)[nH]1. The van der Waals surface area contributed by atoms with Gasteiger partial charge in [0.05, 0.1) is 36.2 Å². The van der Waals surface area contributed by atoms with Crippen LogP contribution in [0.3, 0.4) is 0 Å². The van der Waals surface area contributed by atoms with E-state index in [1.54, 1.807) is 4.90 Å². The zero-order valence-electron chi connectivity index (χ0n) is 22.0. The molecule has 2 aromatic carbocycles. The van der Waals surface area contributed by atoms with E-state index in [0.717, 1.165) is 46.2 Å². The Hall–Kier alpha value is -3.37. The summed E-state index contributed by atoms with van der Waals surface area (Å²) in [6.45, 7) is 8.74. The second kappa shape index (κ2) is 9.50. The fraction of sp³-hybridized carbons (Fsp3) is 0.444. The number of aromatic nitrogens is 2. The second-order valence-corrected chi connectivity index (χ2v) is 10.7. The van der Waals surface area contributed by atoms with Crippen molar-refractivity contribution >= 4 is 35.4 Å². The number of imidazole rings is 1. The average Bonchev–Trinajstić information content (AvgIpc) is 3.59. The maximum Gasteiger partial charge on any atom is 0.494 e. The number of methoxy groups -OCH3 is 1. The van der Waals surface area contributed by atoms with Gasteiger partial charge in [-0.1, -0.05) is 30.3 Å². The molecule has 0 bridgehead atoms. The molecule has 3 heterocycles. The first-order valence-corrected chi connectivity index (χ1v) is 12.6. The normalized spacial score (nSPS) is 20.4. The van der Waals surface area contributed by atoms with Gasteiger partial charge in [0.2, 0.25) is 5.91 Å². The van der Waals surface area contributed by atoms with Crippen molar-refractivity contribution in [1.29, 1.82) is 0 Å². The molecule has 0 saturated carbocycles. The van der Waals surface area contributed by atoms with Crippen LogP contribution in [0.25, 0.3) is 22.0 Å². The number of carbonyl (C=O) groups excluding carboxylic acids is 2. The molecule has 2 aliphatic heterocycles. The fourth-order valence-corrected chi connectivity index (χ4v) is 4.88. The van der Waals surface area contributed by atoms with Gasteiger partial charge in [0.15, 0.2) is 0 Å². The Morgan fingerprint density at radius 1 is 1.14 bits per heavy atom. The number of nitrogens with zero attached hydrogens (tertiary/aromatic N) is 2. The Kier molecular flexibility index (Phi) is 6.49. The molecule has 0 spiro atoms. The van der Waals surface area contributed by atoms with Gasteiger partial charge in [-0.3, -0.25) is 4.79 Å². The van der Waals surface area contributed by atoms with E-state index in [-0.39, 0.29) is 29.7 Å². The first-order chi connectivity index (χ1) is 17.6. The number of hydrogen-bond donors (Lipinski definition) is 2. The molecular weight excluding hydrogens is 471 g/mol. The molecule has 37 heavy (non-hydrogen) atoms. The minimum Gasteiger partial charge on any atom is -0.453 e. The molecule has 0 radical (unpaired) electrons. The summed E-state index contributed by atoms with van der Waals surface area (Å²) in [4.78, 5) is 33.8. The molecular formula is C27H33BN4O5. The van der Waals surface area contributed by atoms with Gasteiger partial charge in [0.25, 0.3) is 0 Å². The number of carbonyl (C=O) groups is 2. The number of nitrogens with one attached hydrogen (secondary N) is 2. The molecule has 0 aliphatic carbocycles. The molecule has 2 N–H and O–H groups in total. The summed E-state index contributed by atoms with van der Waals surface area (Å²) < 4.78 is 17.0. The quantitative estimate of drug-likeness (QED) is 0.515. The van der Waals surface area contributed by atoms with Crippen LogP contribution in [0.4, 0.5) is 4.79 Å². The number of aromatic amines is 1. The first kappa shape index (κ1) is 25.3. The summed E-state index contributed by atoms with van der Waals surface area (Å²) in [5.41, 5.74) is 2.13. The highest BCUT2D eigenvalue weighted by Gasteiger charge is 2.51. The monoisotopic (exact) mass is 504 g/mol. The first-order valence-electron chi connectivity index (χ1n) is 12.6. The summed E-state index contributed by atoms with van der Waals surface area (Å²) >= 11 is 0. The molecule has 10 heteroatoms. The van der Waals surface area contributed by atoms with E-state index in [4.69, 9.17) is 9.31 Å². The fourth-order valence-electron chi connectivity index (χ4n) is 4.88. The van der Waals surface area contributed by atoms with Crippen LogP contribution in [0.1, 0.15) is 52.4 Å². The topological polar surface area (TPSA) is 106 Å². The van der Waals surface area contributed by atoms with Gasteiger partial charge in [-0.25, -0.2) is 9.78 Å². The van der Waals surface area contributed by atoms with Crippen molar-refractivity contribution in [2.75, 3.05) is 20.2 Å². The number of H-pyrrole nitrogens is 1. The van der Waals surface area contributed by atoms with Gasteiger partial charge in [-0.2, -0.15) is 0 Å². The number of alkyl carbamates (subject to hydrolysis) is 1. The van der Waals surface area contributed by atoms with Crippen LogP contribution in [-0.2, 0) is 18.8 Å². The summed E-state index contributed by atoms with van der Waals surface area (Å²) in [6, 6.07) is 12.4. The molecule has 2 amide bonds. The minimum absolute atomic E-state index is 0.102. The van der Waals surface area contributed by atoms with E-state index in [9.17, 15) is 9.59 Å². The average molecular weight is 504 g/mol. The van der Waals surface area contributed by atoms with Crippen molar-refractivity contribution in [2.45, 2.75) is 57.8 Å². The van der Waals surface area contributed by atoms with E-state index in [0.29, 0.717) is 6.54 Å². The van der Waals surface area contributed by atoms with E-state index >= 15 is 0 Å². The molecule has 5 rings (SSSR count). The number of amides is 2. The highest BCUT2D eigenvalue weighted by atomic mass is 16.7. The molecule has 2 saturated heterocycles. The van der Waals surface area contributed by atoms with Gasteiger partial charge >= 0.3 is 13.2 Å². The smallest absolute Gasteiger partial charge is 0.453 e. The number of fused-ring (bicyclic) bond motifs is 1. The number of hydrogen-bond acceptors (Lipinski definition) is 6. The molecule has 194 valence electrons. The summed E-state index contributed by atoms with van der Waals surface area (Å²) in [5.74, 6) is 0.587. The van der Waals surface area contributed by atoms with Crippen LogP contribution in [0.15, 0.2) is 42.6 Å². The van der Waals surface area contributed by atoms with Crippen LogP contribution in [0.2, 0.25) is 0 Å². The van der Waals surface area contributed by atoms with Crippen molar-refractivity contribution in [3.05, 3.63) is 48.4 Å². The summed E-state index contributed by atoms with van der Waals surface area (Å²) in [7, 11) is 0.873. The highest BCUT2D eigenvalue weighted by molar-refractivity contribution is 6.62. The second-order valence-electron chi connectivity index (χ2n) is 10.7. The number of benzene rings is 2. The van der Waals surface area contributed by atoms with E-state index in [1.165, 1.54) is 7.11 Å². The lowest BCUT2D eigenvalue weighted by molar-refractivity contribution is -0.131. The predicted octanol–water partition coefficient (Wildman–Crippen LogP) is 3.55. The molecule has 2 fully saturated rings. The van der Waals surface area contributed by atoms with Crippen molar-refractivity contribution in [2.24, 2.45) is 0 Å². The lowest BCUT2D eigenvalue weighted by Gasteiger charge is -2.32. The van der Waals surface area contributed by atoms with E-state index in [1.807, 2.05) is 6.20 Å². The lowest BCUT2D eigenvalue weighted by Crippen LogP contribution is -2.41. The number of ether oxygens (including phenoxy) is 1. The largest absolute Gasteiger partial charge is 0.494 e. The predicted molar refractivity (Wildman–Crippen MR) is 141 cm³/mol. The maximum atomic E-state index is 12.7. The van der Waals surface area contributed by atoms with Gasteiger partial charge in [-0.05, 0) is 62.8 Å². The van der Waals surface area contributed by atoms with Gasteiger partial charge in [-0.15, -0.1) is 0 Å². The Morgan fingerprint density at radius 2 is 1.84 bits per heavy atom. The molecule has 2 aliphatic rings. The molecule has 1 aromatic heterocycles. The number of likely N-dealkylation sites (tertiary alicyclic amines) is 1. The third-order valence-corrected chi connectivity index (χ3v) is 7.75. The Balaban J connectivity index is 1.32. The standard InChI is InChI=1S/C27H33BN4O5/c1-26(2)27(3,4)37-28(36-26)20-11-10-17-13-19(9-8-18(17)14-20)21-15-29-24(31-21)22-7-6-12-32(22)23(33)16-30-25(34)35-5/h8-11,13-15,22H,6-7,12,16H2,1-5H3,(H,29,31)(H,30,34)/t22-/m0/s1. The van der Waals surface area contributed by atoms with Crippen LogP contribution in [-0.4, -0.2) is 65.4 Å². The Labute approximate surface area is 217 Å². The Bertz CT molecular complexity index is 1320. The zero-order valence-corrected chi connectivity index (χ0v) is 22.0. The van der Waals surface area contributed by atoms with Crippen molar-refractivity contribution in [3.8, 4) is 11.3 Å². The highest BCUT2D eigenvalue weighted by Crippen LogP contribution is 2.37. The van der Waals surface area contributed by atoms with Crippen LogP contribution >= 0.6 is 0 Å². The lowest BCUT2D eigenvalue weighted by atomic mass is 9.78. The van der Waals surface area contributed by atoms with Gasteiger partial charge < -0.3 is 29.2 Å². The minimum atomic E-state index is -0.622. The molecule has 0 unspecified atom stereocenters. The molecule has 1 atom stereocenters. The van der Waals surface area contributed by atoms with E-state index in [2.05, 4.69) is 84.1 Å². The van der Waals surface area contributed by atoms with Crippen LogP contribution in [0.5, 0.6) is 0 Å². The van der Waals surface area contributed by atoms with Crippen molar-refractivity contribution < 1.29 is 23.6 Å². The maximum absolute atomic E-state index is 12.7. The van der Waals surface area contributed by atoms with Gasteiger partial charge in [0.1, 0.15) is 12.4 Å². The van der Waals surface area contributed by atoms with Crippen LogP contribution in [0, 0.1) is 0 Å². The van der Waals surface area contributed by atoms with Crippen LogP contribution < -0.4 is 10.8 Å². The van der Waals surface area contributed by atoms with Crippen molar-refractivity contribution in [3.63, 3.8) is 0 Å². The zero-order chi connectivity index (χ0) is 26.4. The molecule has 9 nitrogen and oxygen atoms in total. The third-order valence-electron chi connectivity index (χ3n) is 7.75. The summed E-state index contributed by atoms with van der Waals surface area (Å²) in [6.07, 6.45) is 2.88. The number of rotatable bonds is 5. The third kappa shape index (κ3) is 4.83. The molecule has 3 aromatic rings. The van der Waals surface area contributed by atoms with E-state index < -0.39 is 13.2 Å². The van der Waals surface area contributed by atoms with Crippen molar-refractivity contribution in [1.82, 2.24) is 20.2 Å². The Morgan fingerprint density at radius 3 is 2.57 bits per heavy atom.